The molecule has 2 unspecified atom stereocenters. The molecule has 1 aliphatic carbocycles. The van der Waals surface area contributed by atoms with E-state index in [0.717, 1.165) is 29.1 Å². The molecule has 1 aromatic rings. The van der Waals surface area contributed by atoms with E-state index in [-0.39, 0.29) is 0 Å². The van der Waals surface area contributed by atoms with Gasteiger partial charge in [0.2, 0.25) is 0 Å². The van der Waals surface area contributed by atoms with Gasteiger partial charge in [0.05, 0.1) is 0 Å². The Balaban J connectivity index is 1.85. The highest BCUT2D eigenvalue weighted by Gasteiger charge is 2.34. The number of benzene rings is 1. The molecule has 0 spiro atoms. The van der Waals surface area contributed by atoms with Crippen LogP contribution in [0.5, 0.6) is 5.75 Å². The van der Waals surface area contributed by atoms with Crippen LogP contribution in [0.25, 0.3) is 0 Å². The summed E-state index contributed by atoms with van der Waals surface area (Å²) in [6.45, 7) is 3.19. The zero-order valence-corrected chi connectivity index (χ0v) is 13.1. The summed E-state index contributed by atoms with van der Waals surface area (Å²) in [6, 6.07) is 6.84. The molecular weight excluding hydrogens is 302 g/mol. The fraction of sp³-hybridized carbons (Fsp3) is 0.625. The Morgan fingerprint density at radius 1 is 1.32 bits per heavy atom. The van der Waals surface area contributed by atoms with Crippen molar-refractivity contribution in [1.29, 1.82) is 0 Å². The molecule has 3 rings (SSSR count). The summed E-state index contributed by atoms with van der Waals surface area (Å²) < 4.78 is 7.42. The van der Waals surface area contributed by atoms with Crippen molar-refractivity contribution in [3.05, 3.63) is 28.2 Å². The van der Waals surface area contributed by atoms with Crippen LogP contribution in [0.3, 0.4) is 0 Å². The Bertz CT molecular complexity index is 442. The quantitative estimate of drug-likeness (QED) is 0.887. The van der Waals surface area contributed by atoms with Crippen LogP contribution < -0.4 is 10.1 Å². The summed E-state index contributed by atoms with van der Waals surface area (Å²) in [5.74, 6) is 1.84. The third-order valence-corrected chi connectivity index (χ3v) is 4.96. The summed E-state index contributed by atoms with van der Waals surface area (Å²) in [5, 5.41) is 3.62. The van der Waals surface area contributed by atoms with E-state index in [9.17, 15) is 0 Å². The van der Waals surface area contributed by atoms with Crippen molar-refractivity contribution >= 4 is 15.9 Å². The summed E-state index contributed by atoms with van der Waals surface area (Å²) in [4.78, 5) is 0. The lowest BCUT2D eigenvalue weighted by molar-refractivity contribution is 0.0950. The fourth-order valence-electron chi connectivity index (χ4n) is 3.53. The van der Waals surface area contributed by atoms with Gasteiger partial charge in [0.15, 0.2) is 0 Å². The highest BCUT2D eigenvalue weighted by Crippen LogP contribution is 2.41. The van der Waals surface area contributed by atoms with Gasteiger partial charge in [-0.2, -0.15) is 0 Å². The first-order valence-electron chi connectivity index (χ1n) is 7.47. The molecule has 0 saturated heterocycles. The number of rotatable bonds is 3. The number of halogens is 1. The highest BCUT2D eigenvalue weighted by atomic mass is 79.9. The number of hydrogen-bond donors (Lipinski definition) is 1. The van der Waals surface area contributed by atoms with Gasteiger partial charge in [-0.25, -0.2) is 0 Å². The van der Waals surface area contributed by atoms with Crippen LogP contribution in [0, 0.1) is 5.92 Å². The van der Waals surface area contributed by atoms with Crippen molar-refractivity contribution in [2.24, 2.45) is 5.92 Å². The molecule has 2 nitrogen and oxygen atoms in total. The Kier molecular flexibility index (Phi) is 4.13. The molecule has 104 valence electrons. The lowest BCUT2D eigenvalue weighted by atomic mass is 9.89. The SMILES string of the molecule is CCNC1CC(C2CCCC2)Oc2ccc(Br)cc21. The smallest absolute Gasteiger partial charge is 0.124 e. The first-order chi connectivity index (χ1) is 9.28. The van der Waals surface area contributed by atoms with E-state index in [4.69, 9.17) is 4.74 Å². The number of fused-ring (bicyclic) bond motifs is 1. The summed E-state index contributed by atoms with van der Waals surface area (Å²) in [7, 11) is 0. The van der Waals surface area contributed by atoms with Crippen molar-refractivity contribution in [1.82, 2.24) is 5.32 Å². The molecule has 0 aromatic heterocycles. The zero-order valence-electron chi connectivity index (χ0n) is 11.5. The predicted molar refractivity (Wildman–Crippen MR) is 81.6 cm³/mol. The molecule has 0 bridgehead atoms. The largest absolute Gasteiger partial charge is 0.490 e. The van der Waals surface area contributed by atoms with Gasteiger partial charge < -0.3 is 10.1 Å². The Labute approximate surface area is 124 Å². The molecule has 1 fully saturated rings. The third-order valence-electron chi connectivity index (χ3n) is 4.47. The summed E-state index contributed by atoms with van der Waals surface area (Å²) >= 11 is 3.57. The molecule has 2 aliphatic rings. The molecule has 1 saturated carbocycles. The van der Waals surface area contributed by atoms with Gasteiger partial charge in [-0.05, 0) is 43.5 Å². The third kappa shape index (κ3) is 2.82. The van der Waals surface area contributed by atoms with Gasteiger partial charge in [-0.1, -0.05) is 35.7 Å². The zero-order chi connectivity index (χ0) is 13.2. The standard InChI is InChI=1S/C16H22BrNO/c1-2-18-14-10-16(11-5-3-4-6-11)19-15-8-7-12(17)9-13(14)15/h7-9,11,14,16,18H,2-6,10H2,1H3. The average molecular weight is 324 g/mol. The molecule has 0 radical (unpaired) electrons. The first-order valence-corrected chi connectivity index (χ1v) is 8.26. The number of ether oxygens (including phenoxy) is 1. The maximum absolute atomic E-state index is 6.29. The van der Waals surface area contributed by atoms with Crippen LogP contribution in [0.1, 0.15) is 50.6 Å². The highest BCUT2D eigenvalue weighted by molar-refractivity contribution is 9.10. The van der Waals surface area contributed by atoms with Crippen LogP contribution in [0.15, 0.2) is 22.7 Å². The normalized spacial score (nSPS) is 27.1. The minimum absolute atomic E-state index is 0.403. The topological polar surface area (TPSA) is 21.3 Å². The molecule has 19 heavy (non-hydrogen) atoms. The predicted octanol–water partition coefficient (Wildman–Crippen LogP) is 4.44. The van der Waals surface area contributed by atoms with Gasteiger partial charge in [-0.3, -0.25) is 0 Å². The lowest BCUT2D eigenvalue weighted by Gasteiger charge is -2.35. The van der Waals surface area contributed by atoms with E-state index >= 15 is 0 Å². The van der Waals surface area contributed by atoms with Crippen LogP contribution in [-0.2, 0) is 0 Å². The molecule has 1 N–H and O–H groups in total. The van der Waals surface area contributed by atoms with Gasteiger partial charge in [0.1, 0.15) is 11.9 Å². The Morgan fingerprint density at radius 3 is 2.84 bits per heavy atom. The van der Waals surface area contributed by atoms with Gasteiger partial charge in [0, 0.05) is 22.5 Å². The molecular formula is C16H22BrNO. The summed E-state index contributed by atoms with van der Waals surface area (Å²) in [6.07, 6.45) is 6.96. The van der Waals surface area contributed by atoms with Gasteiger partial charge >= 0.3 is 0 Å². The second kappa shape index (κ2) is 5.84. The summed E-state index contributed by atoms with van der Waals surface area (Å²) in [5.41, 5.74) is 1.31. The molecule has 1 aliphatic heterocycles. The van der Waals surface area contributed by atoms with E-state index in [1.807, 2.05) is 0 Å². The van der Waals surface area contributed by atoms with Crippen molar-refractivity contribution in [2.45, 2.75) is 51.2 Å². The second-order valence-electron chi connectivity index (χ2n) is 5.73. The molecule has 2 atom stereocenters. The molecule has 1 heterocycles. The average Bonchev–Trinajstić information content (AvgIpc) is 2.93. The van der Waals surface area contributed by atoms with Crippen molar-refractivity contribution in [2.75, 3.05) is 6.54 Å². The Morgan fingerprint density at radius 2 is 2.11 bits per heavy atom. The number of nitrogens with one attached hydrogen (secondary N) is 1. The van der Waals surface area contributed by atoms with E-state index in [1.165, 1.54) is 31.2 Å². The van der Waals surface area contributed by atoms with Gasteiger partial charge in [-0.15, -0.1) is 0 Å². The maximum atomic E-state index is 6.29. The fourth-order valence-corrected chi connectivity index (χ4v) is 3.91. The maximum Gasteiger partial charge on any atom is 0.124 e. The molecule has 0 amide bonds. The van der Waals surface area contributed by atoms with Crippen LogP contribution >= 0.6 is 15.9 Å². The van der Waals surface area contributed by atoms with Crippen molar-refractivity contribution in [3.8, 4) is 5.75 Å². The lowest BCUT2D eigenvalue weighted by Crippen LogP contribution is -2.36. The Hall–Kier alpha value is -0.540. The second-order valence-corrected chi connectivity index (χ2v) is 6.64. The van der Waals surface area contributed by atoms with E-state index in [2.05, 4.69) is 46.4 Å². The van der Waals surface area contributed by atoms with E-state index < -0.39 is 0 Å². The van der Waals surface area contributed by atoms with E-state index in [0.29, 0.717) is 12.1 Å². The van der Waals surface area contributed by atoms with Crippen LogP contribution in [0.2, 0.25) is 0 Å². The first kappa shape index (κ1) is 13.4. The van der Waals surface area contributed by atoms with E-state index in [1.54, 1.807) is 0 Å². The minimum Gasteiger partial charge on any atom is -0.490 e. The molecule has 3 heteroatoms. The monoisotopic (exact) mass is 323 g/mol. The van der Waals surface area contributed by atoms with Crippen LogP contribution in [-0.4, -0.2) is 12.6 Å². The van der Waals surface area contributed by atoms with Gasteiger partial charge in [0.25, 0.3) is 0 Å². The van der Waals surface area contributed by atoms with Crippen LogP contribution in [0.4, 0.5) is 0 Å². The minimum atomic E-state index is 0.403. The number of hydrogen-bond acceptors (Lipinski definition) is 2. The van der Waals surface area contributed by atoms with Crippen molar-refractivity contribution in [3.63, 3.8) is 0 Å². The molecule has 1 aromatic carbocycles. The van der Waals surface area contributed by atoms with Crippen molar-refractivity contribution < 1.29 is 4.74 Å².